The van der Waals surface area contributed by atoms with Gasteiger partial charge in [0.1, 0.15) is 49.0 Å². The molecule has 3 fully saturated rings. The van der Waals surface area contributed by atoms with Crippen molar-refractivity contribution in [2.24, 2.45) is 23.7 Å². The third-order valence-electron chi connectivity index (χ3n) is 13.4. The molecule has 4 rings (SSSR count). The summed E-state index contributed by atoms with van der Waals surface area (Å²) in [6, 6.07) is -0.748. The largest absolute Gasteiger partial charge is 0.462 e. The minimum absolute atomic E-state index is 0.00788. The van der Waals surface area contributed by atoms with Crippen LogP contribution in [-0.2, 0) is 57.0 Å². The number of aliphatic hydroxyl groups is 5. The maximum Gasteiger partial charge on any atom is 0.308 e. The van der Waals surface area contributed by atoms with E-state index in [0.29, 0.717) is 12.0 Å². The van der Waals surface area contributed by atoms with Crippen molar-refractivity contribution in [2.75, 3.05) is 34.9 Å². The van der Waals surface area contributed by atoms with E-state index in [4.69, 9.17) is 42.6 Å². The highest BCUT2D eigenvalue weighted by atomic mass is 16.7. The van der Waals surface area contributed by atoms with Gasteiger partial charge in [-0.2, -0.15) is 0 Å². The summed E-state index contributed by atoms with van der Waals surface area (Å²) in [6.07, 6.45) is -8.49. The molecule has 368 valence electrons. The summed E-state index contributed by atoms with van der Waals surface area (Å²) >= 11 is 0. The van der Waals surface area contributed by atoms with Gasteiger partial charge in [0.25, 0.3) is 0 Å². The minimum Gasteiger partial charge on any atom is -0.462 e. The standard InChI is InChI=1S/C46H77NO17/c1-13-33-30(22-58-45-42(57-12)41(56-11)37(52)26(5)60-45)18-23(2)14-15-31(49)24(3)19-29(16-17-48)39(25(4)32(50)20-34(51)62-33)64-44-38(53)36(47(9)10)40(27(6)61-44)63-35-21-46(8,55)43(54)28(7)59-35/h14-15,17-18,24-30,32-33,35-45,50,52-55H,13,16,19-22H2,1-12H3/b15-14+,23-18+/t24-,25+,26?,27?,28-,29+,30-,32-,33?,35+,36?,37-,38?,39-,40-,41?,42?,43+,44+,45-,46?/m1/s1. The molecule has 4 aliphatic rings. The molecule has 3 saturated heterocycles. The molecule has 0 aromatic carbocycles. The third-order valence-corrected chi connectivity index (χ3v) is 13.4. The fourth-order valence-corrected chi connectivity index (χ4v) is 9.51. The predicted octanol–water partition coefficient (Wildman–Crippen LogP) is 1.83. The molecule has 0 aromatic heterocycles. The Morgan fingerprint density at radius 1 is 0.859 bits per heavy atom. The lowest BCUT2D eigenvalue weighted by Crippen LogP contribution is -2.65. The summed E-state index contributed by atoms with van der Waals surface area (Å²) in [5.41, 5.74) is -0.806. The third kappa shape index (κ3) is 13.5. The summed E-state index contributed by atoms with van der Waals surface area (Å²) < 4.78 is 54.7. The van der Waals surface area contributed by atoms with Crippen molar-refractivity contribution in [3.8, 4) is 0 Å². The van der Waals surface area contributed by atoms with Crippen LogP contribution in [0.15, 0.2) is 23.8 Å². The van der Waals surface area contributed by atoms with Gasteiger partial charge in [0.15, 0.2) is 24.7 Å². The van der Waals surface area contributed by atoms with Crippen molar-refractivity contribution < 1.29 is 82.5 Å². The number of aldehydes is 1. The van der Waals surface area contributed by atoms with Crippen LogP contribution in [0.3, 0.4) is 0 Å². The van der Waals surface area contributed by atoms with Crippen LogP contribution in [0.5, 0.6) is 0 Å². The minimum atomic E-state index is -1.49. The van der Waals surface area contributed by atoms with Crippen LogP contribution >= 0.6 is 0 Å². The molecule has 0 saturated carbocycles. The number of ketones is 1. The Bertz CT molecular complexity index is 1560. The van der Waals surface area contributed by atoms with Crippen LogP contribution in [0.4, 0.5) is 0 Å². The van der Waals surface area contributed by atoms with Gasteiger partial charge in [0.05, 0.1) is 55.2 Å². The first-order chi connectivity index (χ1) is 30.1. The number of carbonyl (C=O) groups excluding carboxylic acids is 3. The number of hydrogen-bond acceptors (Lipinski definition) is 18. The van der Waals surface area contributed by atoms with Gasteiger partial charge in [0, 0.05) is 44.8 Å². The number of likely N-dealkylation sites (N-methyl/N-ethyl adjacent to an activating group) is 1. The molecular weight excluding hydrogens is 838 g/mol. The second kappa shape index (κ2) is 24.1. The second-order valence-corrected chi connectivity index (χ2v) is 18.7. The lowest BCUT2D eigenvalue weighted by atomic mass is 9.79. The smallest absolute Gasteiger partial charge is 0.308 e. The zero-order valence-electron chi connectivity index (χ0n) is 39.7. The SMILES string of the molecule is CCC1OC(=O)C[C@@H](O)[C@H](C)[C@@H](O[C@@H]2OC(C)[C@@H](O[C@H]3CC(C)(O)[C@@H](O)[C@@H](C)O3)C(N(C)C)C2O)[C@@H](CC=O)C[C@@H](C)C(=O)/C=C/C(C)=C/[C@@H]1CO[C@@H]1OC(C)[C@@H](O)C(OC)C1OC. The molecule has 64 heavy (non-hydrogen) atoms. The van der Waals surface area contributed by atoms with E-state index < -0.39 is 140 Å². The number of cyclic esters (lactones) is 1. The van der Waals surface area contributed by atoms with E-state index in [0.717, 1.165) is 6.29 Å². The van der Waals surface area contributed by atoms with Gasteiger partial charge < -0.3 is 77.9 Å². The van der Waals surface area contributed by atoms with E-state index in [9.17, 15) is 39.9 Å². The van der Waals surface area contributed by atoms with Gasteiger partial charge in [-0.1, -0.05) is 38.5 Å². The molecule has 0 aromatic rings. The van der Waals surface area contributed by atoms with Crippen LogP contribution in [0.1, 0.15) is 87.5 Å². The Morgan fingerprint density at radius 3 is 2.11 bits per heavy atom. The number of allylic oxidation sites excluding steroid dienone is 3. The van der Waals surface area contributed by atoms with Crippen LogP contribution in [0.2, 0.25) is 0 Å². The normalized spacial score (nSPS) is 45.9. The topological polar surface area (TPSA) is 239 Å². The van der Waals surface area contributed by atoms with Crippen LogP contribution < -0.4 is 0 Å². The highest BCUT2D eigenvalue weighted by Crippen LogP contribution is 2.37. The average Bonchev–Trinajstić information content (AvgIpc) is 3.23. The number of ether oxygens (including phenoxy) is 9. The summed E-state index contributed by atoms with van der Waals surface area (Å²) in [6.45, 7) is 13.6. The van der Waals surface area contributed by atoms with Gasteiger partial charge in [-0.15, -0.1) is 0 Å². The first kappa shape index (κ1) is 54.3. The predicted molar refractivity (Wildman–Crippen MR) is 230 cm³/mol. The van der Waals surface area contributed by atoms with E-state index in [1.807, 2.05) is 19.9 Å². The Kier molecular flexibility index (Phi) is 20.5. The Hall–Kier alpha value is -2.27. The van der Waals surface area contributed by atoms with E-state index >= 15 is 0 Å². The summed E-state index contributed by atoms with van der Waals surface area (Å²) in [5.74, 6) is -3.59. The highest BCUT2D eigenvalue weighted by Gasteiger charge is 2.52. The van der Waals surface area contributed by atoms with Gasteiger partial charge in [-0.05, 0) is 73.5 Å². The van der Waals surface area contributed by atoms with Crippen LogP contribution in [0.25, 0.3) is 0 Å². The monoisotopic (exact) mass is 916 g/mol. The summed E-state index contributed by atoms with van der Waals surface area (Å²) in [7, 11) is 6.43. The van der Waals surface area contributed by atoms with Gasteiger partial charge in [-0.3, -0.25) is 9.59 Å². The first-order valence-electron chi connectivity index (χ1n) is 22.7. The summed E-state index contributed by atoms with van der Waals surface area (Å²) in [5, 5.41) is 55.8. The van der Waals surface area contributed by atoms with Gasteiger partial charge in [-0.25, -0.2) is 0 Å². The fourth-order valence-electron chi connectivity index (χ4n) is 9.51. The number of rotatable bonds is 13. The van der Waals surface area contributed by atoms with E-state index in [1.165, 1.54) is 27.2 Å². The van der Waals surface area contributed by atoms with Crippen molar-refractivity contribution in [3.63, 3.8) is 0 Å². The van der Waals surface area contributed by atoms with Gasteiger partial charge >= 0.3 is 5.97 Å². The van der Waals surface area contributed by atoms with Gasteiger partial charge in [0.2, 0.25) is 0 Å². The first-order valence-corrected chi connectivity index (χ1v) is 22.7. The molecule has 21 atom stereocenters. The number of hydrogen-bond donors (Lipinski definition) is 5. The number of nitrogens with zero attached hydrogens (tertiary/aromatic N) is 1. The number of aliphatic hydroxyl groups excluding tert-OH is 4. The van der Waals surface area contributed by atoms with Crippen molar-refractivity contribution in [1.29, 1.82) is 0 Å². The summed E-state index contributed by atoms with van der Waals surface area (Å²) in [4.78, 5) is 41.5. The van der Waals surface area contributed by atoms with Crippen molar-refractivity contribution in [1.82, 2.24) is 4.90 Å². The van der Waals surface area contributed by atoms with Crippen LogP contribution in [0, 0.1) is 23.7 Å². The Labute approximate surface area is 378 Å². The maximum atomic E-state index is 13.8. The fraction of sp³-hybridized carbons (Fsp3) is 0.848. The Balaban J connectivity index is 1.62. The molecule has 0 amide bonds. The molecule has 0 bridgehead atoms. The van der Waals surface area contributed by atoms with Crippen molar-refractivity contribution in [2.45, 2.75) is 191 Å². The van der Waals surface area contributed by atoms with E-state index in [-0.39, 0.29) is 31.7 Å². The molecule has 18 heteroatoms. The molecule has 8 unspecified atom stereocenters. The van der Waals surface area contributed by atoms with Crippen LogP contribution in [-0.4, -0.2) is 187 Å². The molecule has 0 aliphatic carbocycles. The zero-order valence-corrected chi connectivity index (χ0v) is 39.7. The lowest BCUT2D eigenvalue weighted by molar-refractivity contribution is -0.341. The molecule has 4 heterocycles. The molecule has 0 spiro atoms. The molecule has 18 nitrogen and oxygen atoms in total. The number of esters is 1. The quantitative estimate of drug-likeness (QED) is 0.131. The van der Waals surface area contributed by atoms with Crippen molar-refractivity contribution in [3.05, 3.63) is 23.8 Å². The second-order valence-electron chi connectivity index (χ2n) is 18.7. The average molecular weight is 916 g/mol. The van der Waals surface area contributed by atoms with E-state index in [2.05, 4.69) is 0 Å². The Morgan fingerprint density at radius 2 is 1.52 bits per heavy atom. The molecule has 0 radical (unpaired) electrons. The number of methoxy groups -OCH3 is 2. The maximum absolute atomic E-state index is 13.8. The molecule has 4 aliphatic heterocycles. The lowest BCUT2D eigenvalue weighted by Gasteiger charge is -2.50. The molecule has 5 N–H and O–H groups in total. The number of carbonyl (C=O) groups is 3. The molecular formula is C46H77NO17. The van der Waals surface area contributed by atoms with Crippen molar-refractivity contribution >= 4 is 18.0 Å². The highest BCUT2D eigenvalue weighted by molar-refractivity contribution is 5.91. The van der Waals surface area contributed by atoms with E-state index in [1.54, 1.807) is 59.7 Å². The zero-order chi connectivity index (χ0) is 47.8.